The third-order valence-electron chi connectivity index (χ3n) is 3.78. The van der Waals surface area contributed by atoms with Crippen molar-refractivity contribution < 1.29 is 0 Å². The van der Waals surface area contributed by atoms with Crippen LogP contribution in [0.4, 0.5) is 0 Å². The Labute approximate surface area is 164 Å². The number of para-hydroxylation sites is 1. The minimum Gasteiger partial charge on any atom is -0.357 e. The third-order valence-corrected chi connectivity index (χ3v) is 4.80. The van der Waals surface area contributed by atoms with Gasteiger partial charge in [-0.1, -0.05) is 36.4 Å². The fourth-order valence-electron chi connectivity index (χ4n) is 2.52. The number of guanidine groups is 1. The van der Waals surface area contributed by atoms with Crippen molar-refractivity contribution in [3.63, 3.8) is 0 Å². The van der Waals surface area contributed by atoms with Gasteiger partial charge in [-0.25, -0.2) is 4.99 Å². The van der Waals surface area contributed by atoms with Crippen LogP contribution in [0.5, 0.6) is 0 Å². The summed E-state index contributed by atoms with van der Waals surface area (Å²) in [5.41, 5.74) is 1.03. The zero-order chi connectivity index (χ0) is 18.7. The van der Waals surface area contributed by atoms with Crippen LogP contribution in [0.15, 0.2) is 76.9 Å². The average molecular weight is 381 g/mol. The number of thioether (sulfide) groups is 1. The zero-order valence-corrected chi connectivity index (χ0v) is 16.2. The number of hydrogen-bond donors (Lipinski definition) is 2. The Balaban J connectivity index is 1.56. The van der Waals surface area contributed by atoms with Crippen LogP contribution >= 0.6 is 11.8 Å². The Morgan fingerprint density at radius 1 is 1.04 bits per heavy atom. The maximum Gasteiger partial charge on any atom is 0.191 e. The topological polar surface area (TPSA) is 67.1 Å². The molecule has 0 radical (unpaired) electrons. The maximum atomic E-state index is 4.65. The first-order chi connectivity index (χ1) is 13.4. The van der Waals surface area contributed by atoms with Gasteiger partial charge in [0.05, 0.1) is 0 Å². The van der Waals surface area contributed by atoms with Crippen LogP contribution in [0.1, 0.15) is 12.7 Å². The first-order valence-electron chi connectivity index (χ1n) is 9.01. The Bertz CT molecular complexity index is 832. The van der Waals surface area contributed by atoms with E-state index >= 15 is 0 Å². The molecular formula is C20H24N6S. The third kappa shape index (κ3) is 5.86. The number of hydrogen-bond acceptors (Lipinski definition) is 4. The second kappa shape index (κ2) is 10.4. The summed E-state index contributed by atoms with van der Waals surface area (Å²) in [5, 5.41) is 14.9. The van der Waals surface area contributed by atoms with Crippen LogP contribution in [0.2, 0.25) is 0 Å². The molecule has 0 saturated carbocycles. The second-order valence-corrected chi connectivity index (χ2v) is 6.90. The van der Waals surface area contributed by atoms with Crippen molar-refractivity contribution in [2.45, 2.75) is 18.4 Å². The molecule has 0 atom stereocenters. The summed E-state index contributed by atoms with van der Waals surface area (Å²) in [6.45, 7) is 4.15. The van der Waals surface area contributed by atoms with E-state index in [4.69, 9.17) is 0 Å². The summed E-state index contributed by atoms with van der Waals surface area (Å²) in [4.78, 5) is 5.92. The quantitative estimate of drug-likeness (QED) is 0.272. The average Bonchev–Trinajstić information content (AvgIpc) is 3.19. The molecule has 3 rings (SSSR count). The van der Waals surface area contributed by atoms with Crippen LogP contribution < -0.4 is 10.6 Å². The molecule has 0 bridgehead atoms. The summed E-state index contributed by atoms with van der Waals surface area (Å²) in [5.74, 6) is 2.56. The molecule has 0 aliphatic carbocycles. The number of aliphatic imine (C=N–C) groups is 1. The van der Waals surface area contributed by atoms with E-state index in [0.717, 1.165) is 36.3 Å². The number of aromatic nitrogens is 3. The normalized spacial score (nSPS) is 11.4. The van der Waals surface area contributed by atoms with Crippen molar-refractivity contribution in [3.8, 4) is 5.69 Å². The summed E-state index contributed by atoms with van der Waals surface area (Å²) in [6, 6.07) is 20.5. The van der Waals surface area contributed by atoms with E-state index < -0.39 is 0 Å². The first-order valence-corrected chi connectivity index (χ1v) is 9.99. The Hall–Kier alpha value is -2.80. The van der Waals surface area contributed by atoms with E-state index in [1.807, 2.05) is 52.7 Å². The Kier molecular flexibility index (Phi) is 7.29. The molecule has 6 nitrogen and oxygen atoms in total. The van der Waals surface area contributed by atoms with Crippen molar-refractivity contribution in [2.75, 3.05) is 18.8 Å². The monoisotopic (exact) mass is 380 g/mol. The van der Waals surface area contributed by atoms with Gasteiger partial charge in [0, 0.05) is 29.4 Å². The molecule has 2 N–H and O–H groups in total. The van der Waals surface area contributed by atoms with Crippen LogP contribution in [0, 0.1) is 0 Å². The Morgan fingerprint density at radius 3 is 2.52 bits per heavy atom. The van der Waals surface area contributed by atoms with Crippen molar-refractivity contribution >= 4 is 17.7 Å². The van der Waals surface area contributed by atoms with Crippen LogP contribution in [-0.2, 0) is 6.54 Å². The number of benzene rings is 2. The first kappa shape index (κ1) is 19.0. The van der Waals surface area contributed by atoms with Gasteiger partial charge in [0.25, 0.3) is 0 Å². The van der Waals surface area contributed by atoms with Crippen molar-refractivity contribution in [3.05, 3.63) is 72.8 Å². The van der Waals surface area contributed by atoms with Gasteiger partial charge < -0.3 is 10.6 Å². The molecule has 27 heavy (non-hydrogen) atoms. The van der Waals surface area contributed by atoms with Gasteiger partial charge in [-0.3, -0.25) is 4.57 Å². The van der Waals surface area contributed by atoms with Crippen molar-refractivity contribution in [2.24, 2.45) is 4.99 Å². The lowest BCUT2D eigenvalue weighted by Crippen LogP contribution is -2.38. The van der Waals surface area contributed by atoms with E-state index in [9.17, 15) is 0 Å². The molecule has 1 heterocycles. The van der Waals surface area contributed by atoms with E-state index in [0.29, 0.717) is 6.54 Å². The minimum atomic E-state index is 0.454. The molecule has 0 aliphatic rings. The fourth-order valence-corrected chi connectivity index (χ4v) is 3.31. The molecule has 3 aromatic rings. The Morgan fingerprint density at radius 2 is 1.78 bits per heavy atom. The molecular weight excluding hydrogens is 356 g/mol. The van der Waals surface area contributed by atoms with Gasteiger partial charge in [0.15, 0.2) is 11.8 Å². The largest absolute Gasteiger partial charge is 0.357 e. The van der Waals surface area contributed by atoms with Gasteiger partial charge in [-0.15, -0.1) is 22.0 Å². The lowest BCUT2D eigenvalue weighted by molar-refractivity contribution is 0.810. The smallest absolute Gasteiger partial charge is 0.191 e. The summed E-state index contributed by atoms with van der Waals surface area (Å²) < 4.78 is 1.96. The molecule has 0 amide bonds. The van der Waals surface area contributed by atoms with Crippen LogP contribution in [0.3, 0.4) is 0 Å². The lowest BCUT2D eigenvalue weighted by Gasteiger charge is -2.11. The second-order valence-electron chi connectivity index (χ2n) is 5.74. The molecule has 0 unspecified atom stereocenters. The van der Waals surface area contributed by atoms with Gasteiger partial charge in [0.1, 0.15) is 12.9 Å². The maximum absolute atomic E-state index is 4.65. The molecule has 0 aliphatic heterocycles. The number of nitrogens with one attached hydrogen (secondary N) is 2. The molecule has 1 aromatic heterocycles. The van der Waals surface area contributed by atoms with Gasteiger partial charge in [0.2, 0.25) is 0 Å². The van der Waals surface area contributed by atoms with Gasteiger partial charge >= 0.3 is 0 Å². The van der Waals surface area contributed by atoms with Crippen molar-refractivity contribution in [1.82, 2.24) is 25.4 Å². The molecule has 0 saturated heterocycles. The van der Waals surface area contributed by atoms with Gasteiger partial charge in [-0.2, -0.15) is 0 Å². The highest BCUT2D eigenvalue weighted by Crippen LogP contribution is 2.15. The highest BCUT2D eigenvalue weighted by atomic mass is 32.2. The molecule has 140 valence electrons. The van der Waals surface area contributed by atoms with E-state index in [2.05, 4.69) is 57.0 Å². The molecule has 7 heteroatoms. The molecule has 2 aromatic carbocycles. The molecule has 0 fully saturated rings. The van der Waals surface area contributed by atoms with E-state index in [-0.39, 0.29) is 0 Å². The highest BCUT2D eigenvalue weighted by molar-refractivity contribution is 7.99. The standard InChI is InChI=1S/C20H24N6S/c1-2-21-20(22-13-14-27-18-11-7-4-8-12-18)23-15-19-25-24-16-26(19)17-9-5-3-6-10-17/h3-12,16H,2,13-15H2,1H3,(H2,21,22,23). The fraction of sp³-hybridized carbons (Fsp3) is 0.250. The zero-order valence-electron chi connectivity index (χ0n) is 15.4. The molecule has 0 spiro atoms. The number of nitrogens with zero attached hydrogens (tertiary/aromatic N) is 4. The van der Waals surface area contributed by atoms with E-state index in [1.165, 1.54) is 4.90 Å². The summed E-state index contributed by atoms with van der Waals surface area (Å²) in [7, 11) is 0. The number of rotatable bonds is 8. The minimum absolute atomic E-state index is 0.454. The van der Waals surface area contributed by atoms with E-state index in [1.54, 1.807) is 6.33 Å². The lowest BCUT2D eigenvalue weighted by atomic mass is 10.3. The van der Waals surface area contributed by atoms with Gasteiger partial charge in [-0.05, 0) is 31.2 Å². The highest BCUT2D eigenvalue weighted by Gasteiger charge is 2.06. The summed E-state index contributed by atoms with van der Waals surface area (Å²) in [6.07, 6.45) is 1.72. The van der Waals surface area contributed by atoms with Crippen LogP contribution in [-0.4, -0.2) is 39.6 Å². The predicted octanol–water partition coefficient (Wildman–Crippen LogP) is 3.11. The summed E-state index contributed by atoms with van der Waals surface area (Å²) >= 11 is 1.82. The SMILES string of the molecule is CCNC(=NCc1nncn1-c1ccccc1)NCCSc1ccccc1. The van der Waals surface area contributed by atoms with Crippen LogP contribution in [0.25, 0.3) is 5.69 Å². The predicted molar refractivity (Wildman–Crippen MR) is 111 cm³/mol. The van der Waals surface area contributed by atoms with Crippen molar-refractivity contribution in [1.29, 1.82) is 0 Å².